The summed E-state index contributed by atoms with van der Waals surface area (Å²) in [6, 6.07) is 7.58. The molecular formula is C17H22N2O. The Morgan fingerprint density at radius 2 is 1.95 bits per heavy atom. The Labute approximate surface area is 119 Å². The second-order valence-electron chi connectivity index (χ2n) is 6.83. The van der Waals surface area contributed by atoms with Gasteiger partial charge in [-0.1, -0.05) is 26.0 Å². The summed E-state index contributed by atoms with van der Waals surface area (Å²) >= 11 is 0. The summed E-state index contributed by atoms with van der Waals surface area (Å²) in [6.07, 6.45) is 6.66. The van der Waals surface area contributed by atoms with Gasteiger partial charge in [0.25, 0.3) is 5.56 Å². The zero-order valence-corrected chi connectivity index (χ0v) is 12.3. The average Bonchev–Trinajstić information content (AvgIpc) is 2.44. The molecule has 0 spiro atoms. The Morgan fingerprint density at radius 1 is 1.25 bits per heavy atom. The Bertz CT molecular complexity index is 662. The lowest BCUT2D eigenvalue weighted by molar-refractivity contribution is 0.178. The van der Waals surface area contributed by atoms with Crippen LogP contribution in [0.2, 0.25) is 0 Å². The second-order valence-corrected chi connectivity index (χ2v) is 6.83. The molecule has 0 aliphatic heterocycles. The van der Waals surface area contributed by atoms with Crippen molar-refractivity contribution >= 4 is 10.9 Å². The number of aromatic nitrogens is 2. The minimum absolute atomic E-state index is 0.0976. The number of rotatable bonds is 2. The molecule has 0 saturated heterocycles. The molecule has 2 aromatic rings. The molecule has 1 fully saturated rings. The maximum atomic E-state index is 12.5. The van der Waals surface area contributed by atoms with Gasteiger partial charge in [0.2, 0.25) is 0 Å². The number of fused-ring (bicyclic) bond motifs is 1. The van der Waals surface area contributed by atoms with Crippen molar-refractivity contribution < 1.29 is 0 Å². The van der Waals surface area contributed by atoms with Crippen molar-refractivity contribution in [3.05, 3.63) is 40.9 Å². The van der Waals surface area contributed by atoms with Crippen molar-refractivity contribution in [2.24, 2.45) is 11.3 Å². The third-order valence-electron chi connectivity index (χ3n) is 4.65. The molecule has 0 radical (unpaired) electrons. The molecule has 106 valence electrons. The predicted molar refractivity (Wildman–Crippen MR) is 81.7 cm³/mol. The molecule has 0 atom stereocenters. The maximum absolute atomic E-state index is 12.5. The Kier molecular flexibility index (Phi) is 3.36. The third kappa shape index (κ3) is 2.62. The van der Waals surface area contributed by atoms with E-state index in [4.69, 9.17) is 0 Å². The van der Waals surface area contributed by atoms with Crippen molar-refractivity contribution in [3.8, 4) is 0 Å². The van der Waals surface area contributed by atoms with E-state index >= 15 is 0 Å². The molecule has 0 unspecified atom stereocenters. The van der Waals surface area contributed by atoms with E-state index < -0.39 is 0 Å². The van der Waals surface area contributed by atoms with Gasteiger partial charge in [0.15, 0.2) is 0 Å². The standard InChI is InChI=1S/C17H22N2O/c1-17(2)9-7-13(8-10-17)11-19-12-18-15-6-4-3-5-14(15)16(19)20/h3-6,12-13H,7-11H2,1-2H3. The summed E-state index contributed by atoms with van der Waals surface area (Å²) in [5, 5.41) is 0.728. The summed E-state index contributed by atoms with van der Waals surface area (Å²) in [5.74, 6) is 0.615. The van der Waals surface area contributed by atoms with Crippen molar-refractivity contribution in [1.82, 2.24) is 9.55 Å². The van der Waals surface area contributed by atoms with Gasteiger partial charge in [-0.3, -0.25) is 9.36 Å². The number of benzene rings is 1. The van der Waals surface area contributed by atoms with E-state index in [1.165, 1.54) is 25.7 Å². The maximum Gasteiger partial charge on any atom is 0.261 e. The van der Waals surface area contributed by atoms with Crippen LogP contribution in [0.25, 0.3) is 10.9 Å². The number of hydrogen-bond acceptors (Lipinski definition) is 2. The summed E-state index contributed by atoms with van der Waals surface area (Å²) in [7, 11) is 0. The Balaban J connectivity index is 1.82. The molecule has 1 heterocycles. The van der Waals surface area contributed by atoms with E-state index in [-0.39, 0.29) is 5.56 Å². The topological polar surface area (TPSA) is 34.9 Å². The number of nitrogens with zero attached hydrogens (tertiary/aromatic N) is 2. The zero-order chi connectivity index (χ0) is 14.2. The van der Waals surface area contributed by atoms with Gasteiger partial charge < -0.3 is 0 Å². The molecule has 0 bridgehead atoms. The van der Waals surface area contributed by atoms with Gasteiger partial charge in [-0.25, -0.2) is 4.98 Å². The van der Waals surface area contributed by atoms with Gasteiger partial charge in [0, 0.05) is 6.54 Å². The van der Waals surface area contributed by atoms with Gasteiger partial charge in [0.05, 0.1) is 17.2 Å². The molecule has 1 aromatic carbocycles. The van der Waals surface area contributed by atoms with Crippen molar-refractivity contribution in [3.63, 3.8) is 0 Å². The molecule has 1 aromatic heterocycles. The minimum atomic E-state index is 0.0976. The SMILES string of the molecule is CC1(C)CCC(Cn2cnc3ccccc3c2=O)CC1. The molecule has 1 aliphatic carbocycles. The largest absolute Gasteiger partial charge is 0.298 e. The van der Waals surface area contributed by atoms with E-state index in [0.29, 0.717) is 11.3 Å². The first-order valence-corrected chi connectivity index (χ1v) is 7.49. The fourth-order valence-electron chi connectivity index (χ4n) is 3.16. The van der Waals surface area contributed by atoms with Crippen LogP contribution in [0, 0.1) is 11.3 Å². The molecule has 3 heteroatoms. The van der Waals surface area contributed by atoms with E-state index in [1.807, 2.05) is 24.3 Å². The quantitative estimate of drug-likeness (QED) is 0.835. The summed E-state index contributed by atoms with van der Waals surface area (Å²) in [4.78, 5) is 16.9. The van der Waals surface area contributed by atoms with Crippen LogP contribution in [0.3, 0.4) is 0 Å². The summed E-state index contributed by atoms with van der Waals surface area (Å²) in [6.45, 7) is 5.49. The van der Waals surface area contributed by atoms with Crippen LogP contribution < -0.4 is 5.56 Å². The first kappa shape index (κ1) is 13.3. The van der Waals surface area contributed by atoms with Crippen LogP contribution in [0.4, 0.5) is 0 Å². The molecule has 1 saturated carbocycles. The zero-order valence-electron chi connectivity index (χ0n) is 12.3. The van der Waals surface area contributed by atoms with Crippen LogP contribution in [-0.2, 0) is 6.54 Å². The van der Waals surface area contributed by atoms with Gasteiger partial charge in [0.1, 0.15) is 0 Å². The van der Waals surface area contributed by atoms with Crippen LogP contribution in [0.15, 0.2) is 35.4 Å². The molecule has 3 nitrogen and oxygen atoms in total. The average molecular weight is 270 g/mol. The molecule has 0 N–H and O–H groups in total. The summed E-state index contributed by atoms with van der Waals surface area (Å²) in [5.41, 5.74) is 1.36. The lowest BCUT2D eigenvalue weighted by atomic mass is 9.73. The monoisotopic (exact) mass is 270 g/mol. The van der Waals surface area contributed by atoms with Crippen LogP contribution in [-0.4, -0.2) is 9.55 Å². The van der Waals surface area contributed by atoms with E-state index in [0.717, 1.165) is 17.4 Å². The highest BCUT2D eigenvalue weighted by Gasteiger charge is 2.27. The van der Waals surface area contributed by atoms with Crippen molar-refractivity contribution in [1.29, 1.82) is 0 Å². The smallest absolute Gasteiger partial charge is 0.261 e. The van der Waals surface area contributed by atoms with E-state index in [2.05, 4.69) is 18.8 Å². The Morgan fingerprint density at radius 3 is 2.70 bits per heavy atom. The molecular weight excluding hydrogens is 248 g/mol. The molecule has 3 rings (SSSR count). The first-order valence-electron chi connectivity index (χ1n) is 7.49. The fourth-order valence-corrected chi connectivity index (χ4v) is 3.16. The summed E-state index contributed by atoms with van der Waals surface area (Å²) < 4.78 is 1.80. The van der Waals surface area contributed by atoms with Gasteiger partial charge in [-0.15, -0.1) is 0 Å². The normalized spacial score (nSPS) is 19.3. The van der Waals surface area contributed by atoms with Crippen molar-refractivity contribution in [2.45, 2.75) is 46.1 Å². The van der Waals surface area contributed by atoms with Crippen molar-refractivity contribution in [2.75, 3.05) is 0 Å². The van der Waals surface area contributed by atoms with Gasteiger partial charge in [-0.05, 0) is 49.1 Å². The highest BCUT2D eigenvalue weighted by atomic mass is 16.1. The second kappa shape index (κ2) is 5.04. The fraction of sp³-hybridized carbons (Fsp3) is 0.529. The van der Waals surface area contributed by atoms with E-state index in [9.17, 15) is 4.79 Å². The minimum Gasteiger partial charge on any atom is -0.298 e. The third-order valence-corrected chi connectivity index (χ3v) is 4.65. The van der Waals surface area contributed by atoms with Crippen LogP contribution in [0.1, 0.15) is 39.5 Å². The van der Waals surface area contributed by atoms with Crippen LogP contribution >= 0.6 is 0 Å². The van der Waals surface area contributed by atoms with E-state index in [1.54, 1.807) is 10.9 Å². The van der Waals surface area contributed by atoms with Gasteiger partial charge in [-0.2, -0.15) is 0 Å². The number of para-hydroxylation sites is 1. The predicted octanol–water partition coefficient (Wildman–Crippen LogP) is 3.61. The lowest BCUT2D eigenvalue weighted by Gasteiger charge is -2.34. The highest BCUT2D eigenvalue weighted by Crippen LogP contribution is 2.38. The van der Waals surface area contributed by atoms with Crippen LogP contribution in [0.5, 0.6) is 0 Å². The van der Waals surface area contributed by atoms with Gasteiger partial charge >= 0.3 is 0 Å². The molecule has 20 heavy (non-hydrogen) atoms. The number of hydrogen-bond donors (Lipinski definition) is 0. The first-order chi connectivity index (χ1) is 9.55. The highest BCUT2D eigenvalue weighted by molar-refractivity contribution is 5.76. The Hall–Kier alpha value is -1.64. The lowest BCUT2D eigenvalue weighted by Crippen LogP contribution is -2.28. The molecule has 1 aliphatic rings. The molecule has 0 amide bonds.